The number of fused-ring (bicyclic) bond motifs is 1. The number of halogens is 1. The van der Waals surface area contributed by atoms with Gasteiger partial charge in [0, 0.05) is 10.7 Å². The van der Waals surface area contributed by atoms with Gasteiger partial charge in [-0.15, -0.1) is 0 Å². The van der Waals surface area contributed by atoms with E-state index in [1.807, 2.05) is 25.1 Å². The lowest BCUT2D eigenvalue weighted by Crippen LogP contribution is -2.15. The van der Waals surface area contributed by atoms with E-state index in [4.69, 9.17) is 17.3 Å². The Labute approximate surface area is 114 Å². The van der Waals surface area contributed by atoms with Gasteiger partial charge in [-0.1, -0.05) is 11.6 Å². The second kappa shape index (κ2) is 4.17. The van der Waals surface area contributed by atoms with Crippen LogP contribution in [0.15, 0.2) is 41.2 Å². The molecule has 1 heterocycles. The number of aromatic amines is 1. The zero-order valence-corrected chi connectivity index (χ0v) is 11.0. The molecule has 3 N–H and O–H groups in total. The maximum Gasteiger partial charge on any atom is 0.331 e. The molecule has 0 aliphatic heterocycles. The number of nitrogens with zero attached hydrogens (tertiary/aromatic N) is 1. The Morgan fingerprint density at radius 2 is 2.00 bits per heavy atom. The van der Waals surface area contributed by atoms with Crippen LogP contribution in [0.3, 0.4) is 0 Å². The van der Waals surface area contributed by atoms with Crippen molar-refractivity contribution in [2.24, 2.45) is 0 Å². The number of anilines is 1. The molecule has 96 valence electrons. The summed E-state index contributed by atoms with van der Waals surface area (Å²) in [4.78, 5) is 14.9. The number of rotatable bonds is 1. The molecule has 0 saturated heterocycles. The zero-order valence-electron chi connectivity index (χ0n) is 10.3. The normalized spacial score (nSPS) is 11.1. The number of hydrogen-bond donors (Lipinski definition) is 2. The minimum Gasteiger partial charge on any atom is -0.399 e. The largest absolute Gasteiger partial charge is 0.399 e. The summed E-state index contributed by atoms with van der Waals surface area (Å²) in [5.41, 5.74) is 9.42. The number of benzene rings is 2. The van der Waals surface area contributed by atoms with Gasteiger partial charge in [0.15, 0.2) is 0 Å². The molecule has 5 heteroatoms. The molecular weight excluding hydrogens is 262 g/mol. The lowest BCUT2D eigenvalue weighted by atomic mass is 10.2. The minimum atomic E-state index is -0.189. The predicted molar refractivity (Wildman–Crippen MR) is 78.1 cm³/mol. The quantitative estimate of drug-likeness (QED) is 0.670. The molecule has 0 unspecified atom stereocenters. The van der Waals surface area contributed by atoms with Crippen molar-refractivity contribution in [2.75, 3.05) is 5.73 Å². The highest BCUT2D eigenvalue weighted by atomic mass is 35.5. The van der Waals surface area contributed by atoms with E-state index in [2.05, 4.69) is 4.98 Å². The van der Waals surface area contributed by atoms with Gasteiger partial charge < -0.3 is 10.7 Å². The summed E-state index contributed by atoms with van der Waals surface area (Å²) in [6.07, 6.45) is 0. The van der Waals surface area contributed by atoms with Gasteiger partial charge in [-0.05, 0) is 48.9 Å². The molecule has 0 spiro atoms. The number of H-pyrrole nitrogens is 1. The maximum atomic E-state index is 12.1. The smallest absolute Gasteiger partial charge is 0.331 e. The summed E-state index contributed by atoms with van der Waals surface area (Å²) < 4.78 is 1.63. The molecule has 4 nitrogen and oxygen atoms in total. The van der Waals surface area contributed by atoms with Gasteiger partial charge in [0.1, 0.15) is 0 Å². The Morgan fingerprint density at radius 1 is 1.21 bits per heavy atom. The third-order valence-electron chi connectivity index (χ3n) is 3.11. The van der Waals surface area contributed by atoms with Crippen LogP contribution < -0.4 is 11.4 Å². The zero-order chi connectivity index (χ0) is 13.6. The van der Waals surface area contributed by atoms with Crippen molar-refractivity contribution in [3.63, 3.8) is 0 Å². The molecule has 19 heavy (non-hydrogen) atoms. The molecule has 0 radical (unpaired) electrons. The summed E-state index contributed by atoms with van der Waals surface area (Å²) in [7, 11) is 0. The van der Waals surface area contributed by atoms with Crippen LogP contribution in [-0.4, -0.2) is 9.55 Å². The lowest BCUT2D eigenvalue weighted by Gasteiger charge is -2.07. The molecule has 0 atom stereocenters. The molecule has 0 saturated carbocycles. The molecule has 1 aromatic heterocycles. The number of nitrogens with two attached hydrogens (primary N) is 1. The Kier molecular flexibility index (Phi) is 2.61. The Bertz CT molecular complexity index is 832. The van der Waals surface area contributed by atoms with Crippen molar-refractivity contribution >= 4 is 28.3 Å². The summed E-state index contributed by atoms with van der Waals surface area (Å²) in [5.74, 6) is 0. The lowest BCUT2D eigenvalue weighted by molar-refractivity contribution is 1.00. The van der Waals surface area contributed by atoms with Gasteiger partial charge in [0.2, 0.25) is 0 Å². The van der Waals surface area contributed by atoms with Crippen molar-refractivity contribution < 1.29 is 0 Å². The van der Waals surface area contributed by atoms with Crippen molar-refractivity contribution in [1.82, 2.24) is 9.55 Å². The fraction of sp³-hybridized carbons (Fsp3) is 0.0714. The van der Waals surface area contributed by atoms with Crippen molar-refractivity contribution in [3.05, 3.63) is 57.5 Å². The summed E-state index contributed by atoms with van der Waals surface area (Å²) in [6.45, 7) is 1.92. The van der Waals surface area contributed by atoms with Crippen molar-refractivity contribution in [3.8, 4) is 5.69 Å². The first-order valence-corrected chi connectivity index (χ1v) is 6.21. The van der Waals surface area contributed by atoms with Gasteiger partial charge >= 0.3 is 5.69 Å². The van der Waals surface area contributed by atoms with E-state index < -0.39 is 0 Å². The van der Waals surface area contributed by atoms with Crippen LogP contribution in [0.1, 0.15) is 5.56 Å². The molecule has 0 bridgehead atoms. The first-order valence-electron chi connectivity index (χ1n) is 5.83. The molecule has 0 amide bonds. The predicted octanol–water partition coefficient (Wildman–Crippen LogP) is 2.86. The van der Waals surface area contributed by atoms with E-state index in [1.165, 1.54) is 0 Å². The summed E-state index contributed by atoms with van der Waals surface area (Å²) in [5, 5.41) is 0.651. The van der Waals surface area contributed by atoms with Gasteiger partial charge in [-0.2, -0.15) is 0 Å². The third-order valence-corrected chi connectivity index (χ3v) is 3.34. The molecule has 3 rings (SSSR count). The van der Waals surface area contributed by atoms with Crippen LogP contribution in [-0.2, 0) is 0 Å². The molecule has 2 aromatic carbocycles. The number of nitrogens with one attached hydrogen (secondary N) is 1. The van der Waals surface area contributed by atoms with E-state index >= 15 is 0 Å². The summed E-state index contributed by atoms with van der Waals surface area (Å²) in [6, 6.07) is 10.8. The van der Waals surface area contributed by atoms with Crippen LogP contribution in [0.4, 0.5) is 5.69 Å². The highest BCUT2D eigenvalue weighted by molar-refractivity contribution is 6.30. The number of aryl methyl sites for hydroxylation is 1. The van der Waals surface area contributed by atoms with Crippen LogP contribution >= 0.6 is 11.6 Å². The number of aromatic nitrogens is 2. The average molecular weight is 274 g/mol. The van der Waals surface area contributed by atoms with Crippen molar-refractivity contribution in [1.29, 1.82) is 0 Å². The standard InChI is InChI=1S/C14H12ClN3O/c1-8-6-9(15)2-4-12(8)18-13-5-3-10(16)7-11(13)17-14(18)19/h2-7H,16H2,1H3,(H,17,19). The minimum absolute atomic E-state index is 0.189. The van der Waals surface area contributed by atoms with E-state index in [9.17, 15) is 4.79 Å². The van der Waals surface area contributed by atoms with E-state index in [-0.39, 0.29) is 5.69 Å². The Hall–Kier alpha value is -2.20. The maximum absolute atomic E-state index is 12.1. The SMILES string of the molecule is Cc1cc(Cl)ccc1-n1c(=O)[nH]c2cc(N)ccc21. The summed E-state index contributed by atoms with van der Waals surface area (Å²) >= 11 is 5.95. The van der Waals surface area contributed by atoms with Crippen molar-refractivity contribution in [2.45, 2.75) is 6.92 Å². The monoisotopic (exact) mass is 273 g/mol. The van der Waals surface area contributed by atoms with Gasteiger partial charge in [0.05, 0.1) is 16.7 Å². The number of imidazole rings is 1. The average Bonchev–Trinajstić information content (AvgIpc) is 2.65. The number of nitrogen functional groups attached to an aromatic ring is 1. The Balaban J connectivity index is 2.36. The fourth-order valence-corrected chi connectivity index (χ4v) is 2.46. The van der Waals surface area contributed by atoms with Crippen LogP contribution in [0, 0.1) is 6.92 Å². The second-order valence-electron chi connectivity index (χ2n) is 4.47. The van der Waals surface area contributed by atoms with E-state index in [0.29, 0.717) is 10.7 Å². The van der Waals surface area contributed by atoms with Gasteiger partial charge in [-0.3, -0.25) is 4.57 Å². The highest BCUT2D eigenvalue weighted by Crippen LogP contribution is 2.22. The van der Waals surface area contributed by atoms with Crippen LogP contribution in [0.25, 0.3) is 16.7 Å². The Morgan fingerprint density at radius 3 is 2.74 bits per heavy atom. The van der Waals surface area contributed by atoms with E-state index in [0.717, 1.165) is 22.3 Å². The van der Waals surface area contributed by atoms with Gasteiger partial charge in [0.25, 0.3) is 0 Å². The highest BCUT2D eigenvalue weighted by Gasteiger charge is 2.10. The van der Waals surface area contributed by atoms with Crippen LogP contribution in [0.5, 0.6) is 0 Å². The topological polar surface area (TPSA) is 63.8 Å². The van der Waals surface area contributed by atoms with Crippen LogP contribution in [0.2, 0.25) is 5.02 Å². The first-order chi connectivity index (χ1) is 9.06. The first kappa shape index (κ1) is 11.9. The van der Waals surface area contributed by atoms with E-state index in [1.54, 1.807) is 22.8 Å². The molecule has 3 aromatic rings. The third kappa shape index (κ3) is 1.90. The van der Waals surface area contributed by atoms with Gasteiger partial charge in [-0.25, -0.2) is 4.79 Å². The molecule has 0 aliphatic rings. The molecule has 0 fully saturated rings. The molecule has 0 aliphatic carbocycles. The second-order valence-corrected chi connectivity index (χ2v) is 4.91. The molecular formula is C14H12ClN3O. The number of hydrogen-bond acceptors (Lipinski definition) is 2. The fourth-order valence-electron chi connectivity index (χ4n) is 2.24.